The van der Waals surface area contributed by atoms with Gasteiger partial charge in [0.1, 0.15) is 6.04 Å². The van der Waals surface area contributed by atoms with E-state index in [-0.39, 0.29) is 5.92 Å². The van der Waals surface area contributed by atoms with Gasteiger partial charge in [-0.25, -0.2) is 9.78 Å². The van der Waals surface area contributed by atoms with E-state index in [9.17, 15) is 9.90 Å². The molecule has 0 spiro atoms. The molecule has 0 aromatic carbocycles. The van der Waals surface area contributed by atoms with E-state index in [1.54, 1.807) is 11.0 Å². The first kappa shape index (κ1) is 14.6. The van der Waals surface area contributed by atoms with Crippen LogP contribution >= 0.6 is 0 Å². The van der Waals surface area contributed by atoms with Crippen molar-refractivity contribution in [3.63, 3.8) is 0 Å². The van der Waals surface area contributed by atoms with Crippen LogP contribution in [0.25, 0.3) is 0 Å². The maximum atomic E-state index is 11.5. The van der Waals surface area contributed by atoms with Gasteiger partial charge in [0.05, 0.1) is 6.61 Å². The summed E-state index contributed by atoms with van der Waals surface area (Å²) >= 11 is 0. The lowest BCUT2D eigenvalue weighted by molar-refractivity contribution is -0.140. The number of hydrogen-bond donors (Lipinski definition) is 1. The van der Waals surface area contributed by atoms with Crippen molar-refractivity contribution in [3.05, 3.63) is 11.8 Å². The van der Waals surface area contributed by atoms with Crippen LogP contribution in [0.1, 0.15) is 32.4 Å². The van der Waals surface area contributed by atoms with Gasteiger partial charge in [-0.1, -0.05) is 6.92 Å². The van der Waals surface area contributed by atoms with Crippen LogP contribution in [-0.4, -0.2) is 40.2 Å². The summed E-state index contributed by atoms with van der Waals surface area (Å²) in [7, 11) is 0. The summed E-state index contributed by atoms with van der Waals surface area (Å²) in [6.45, 7) is 6.90. The van der Waals surface area contributed by atoms with Crippen molar-refractivity contribution in [2.75, 3.05) is 18.1 Å². The van der Waals surface area contributed by atoms with E-state index < -0.39 is 12.0 Å². The number of carbonyl (C=O) groups is 1. The number of anilines is 1. The van der Waals surface area contributed by atoms with Gasteiger partial charge in [-0.15, -0.1) is 0 Å². The normalized spacial score (nSPS) is 22.6. The van der Waals surface area contributed by atoms with Crippen molar-refractivity contribution in [3.8, 4) is 5.88 Å². The van der Waals surface area contributed by atoms with Gasteiger partial charge in [-0.3, -0.25) is 0 Å². The Labute approximate surface area is 118 Å². The van der Waals surface area contributed by atoms with Crippen LogP contribution in [0.4, 0.5) is 5.95 Å². The maximum absolute atomic E-state index is 11.5. The van der Waals surface area contributed by atoms with Gasteiger partial charge in [-0.05, 0) is 32.6 Å². The SMILES string of the molecule is CCOc1cc(C)nc(N2CCCC(C)C2C(=O)O)n1. The molecule has 1 fully saturated rings. The van der Waals surface area contributed by atoms with Crippen LogP contribution in [0, 0.1) is 12.8 Å². The fourth-order valence-corrected chi connectivity index (χ4v) is 2.66. The smallest absolute Gasteiger partial charge is 0.326 e. The van der Waals surface area contributed by atoms with E-state index in [0.717, 1.165) is 18.5 Å². The Balaban J connectivity index is 2.34. The molecule has 0 bridgehead atoms. The molecule has 20 heavy (non-hydrogen) atoms. The van der Waals surface area contributed by atoms with E-state index in [0.29, 0.717) is 25.0 Å². The minimum Gasteiger partial charge on any atom is -0.480 e. The zero-order valence-electron chi connectivity index (χ0n) is 12.2. The lowest BCUT2D eigenvalue weighted by Crippen LogP contribution is -2.50. The topological polar surface area (TPSA) is 75.5 Å². The summed E-state index contributed by atoms with van der Waals surface area (Å²) in [6.07, 6.45) is 1.86. The number of aromatic nitrogens is 2. The predicted octanol–water partition coefficient (Wildman–Crippen LogP) is 1.87. The third kappa shape index (κ3) is 3.00. The number of piperidine rings is 1. The number of aryl methyl sites for hydroxylation is 1. The molecule has 110 valence electrons. The van der Waals surface area contributed by atoms with Crippen LogP contribution in [0.2, 0.25) is 0 Å². The van der Waals surface area contributed by atoms with E-state index in [4.69, 9.17) is 4.74 Å². The van der Waals surface area contributed by atoms with Gasteiger partial charge in [0, 0.05) is 18.3 Å². The molecule has 2 rings (SSSR count). The van der Waals surface area contributed by atoms with E-state index in [1.165, 1.54) is 0 Å². The van der Waals surface area contributed by atoms with Crippen molar-refractivity contribution in [2.45, 2.75) is 39.7 Å². The van der Waals surface area contributed by atoms with Crippen LogP contribution < -0.4 is 9.64 Å². The van der Waals surface area contributed by atoms with Crippen LogP contribution in [0.15, 0.2) is 6.07 Å². The van der Waals surface area contributed by atoms with Crippen LogP contribution in [0.3, 0.4) is 0 Å². The van der Waals surface area contributed by atoms with Crippen LogP contribution in [0.5, 0.6) is 5.88 Å². The molecule has 1 aliphatic rings. The Morgan fingerprint density at radius 1 is 1.55 bits per heavy atom. The molecular weight excluding hydrogens is 258 g/mol. The monoisotopic (exact) mass is 279 g/mol. The minimum absolute atomic E-state index is 0.0842. The fourth-order valence-electron chi connectivity index (χ4n) is 2.66. The van der Waals surface area contributed by atoms with Crippen molar-refractivity contribution >= 4 is 11.9 Å². The molecular formula is C14H21N3O3. The molecule has 1 aromatic rings. The van der Waals surface area contributed by atoms with Gasteiger partial charge >= 0.3 is 5.97 Å². The van der Waals surface area contributed by atoms with Gasteiger partial charge < -0.3 is 14.7 Å². The zero-order valence-corrected chi connectivity index (χ0v) is 12.2. The first-order chi connectivity index (χ1) is 9.52. The van der Waals surface area contributed by atoms with Crippen molar-refractivity contribution in [2.24, 2.45) is 5.92 Å². The molecule has 1 aromatic heterocycles. The summed E-state index contributed by atoms with van der Waals surface area (Å²) < 4.78 is 5.42. The zero-order chi connectivity index (χ0) is 14.7. The molecule has 0 amide bonds. The highest BCUT2D eigenvalue weighted by Crippen LogP contribution is 2.28. The average molecular weight is 279 g/mol. The third-order valence-corrected chi connectivity index (χ3v) is 3.55. The largest absolute Gasteiger partial charge is 0.480 e. The molecule has 0 aliphatic carbocycles. The molecule has 6 nitrogen and oxygen atoms in total. The summed E-state index contributed by atoms with van der Waals surface area (Å²) in [5, 5.41) is 9.45. The minimum atomic E-state index is -0.819. The summed E-state index contributed by atoms with van der Waals surface area (Å²) in [4.78, 5) is 22.0. The Kier molecular flexibility index (Phi) is 4.42. The molecule has 2 atom stereocenters. The molecule has 0 saturated carbocycles. The summed E-state index contributed by atoms with van der Waals surface area (Å²) in [5.41, 5.74) is 0.779. The molecule has 1 saturated heterocycles. The number of carboxylic acids is 1. The third-order valence-electron chi connectivity index (χ3n) is 3.55. The number of ether oxygens (including phenoxy) is 1. The highest BCUT2D eigenvalue weighted by Gasteiger charge is 2.35. The number of rotatable bonds is 4. The second-order valence-corrected chi connectivity index (χ2v) is 5.18. The highest BCUT2D eigenvalue weighted by molar-refractivity contribution is 5.78. The maximum Gasteiger partial charge on any atom is 0.326 e. The number of carboxylic acid groups (broad SMARTS) is 1. The van der Waals surface area contributed by atoms with Gasteiger partial charge in [0.15, 0.2) is 0 Å². The standard InChI is InChI=1S/C14H21N3O3/c1-4-20-11-8-10(3)15-14(16-11)17-7-5-6-9(2)12(17)13(18)19/h8-9,12H,4-7H2,1-3H3,(H,18,19). The molecule has 0 radical (unpaired) electrons. The lowest BCUT2D eigenvalue weighted by atomic mass is 9.91. The second kappa shape index (κ2) is 6.07. The molecule has 2 unspecified atom stereocenters. The Morgan fingerprint density at radius 2 is 2.30 bits per heavy atom. The fraction of sp³-hybridized carbons (Fsp3) is 0.643. The van der Waals surface area contributed by atoms with Gasteiger partial charge in [-0.2, -0.15) is 4.98 Å². The first-order valence-electron chi connectivity index (χ1n) is 7.01. The number of hydrogen-bond acceptors (Lipinski definition) is 5. The number of nitrogens with zero attached hydrogens (tertiary/aromatic N) is 3. The average Bonchev–Trinajstić information content (AvgIpc) is 2.37. The Hall–Kier alpha value is -1.85. The van der Waals surface area contributed by atoms with Gasteiger partial charge in [0.25, 0.3) is 0 Å². The molecule has 1 aliphatic heterocycles. The first-order valence-corrected chi connectivity index (χ1v) is 7.01. The van der Waals surface area contributed by atoms with E-state index >= 15 is 0 Å². The summed E-state index contributed by atoms with van der Waals surface area (Å²) in [5.74, 6) is 0.214. The van der Waals surface area contributed by atoms with Crippen molar-refractivity contribution < 1.29 is 14.6 Å². The molecule has 2 heterocycles. The van der Waals surface area contributed by atoms with Crippen molar-refractivity contribution in [1.82, 2.24) is 9.97 Å². The lowest BCUT2D eigenvalue weighted by Gasteiger charge is -2.37. The van der Waals surface area contributed by atoms with E-state index in [1.807, 2.05) is 20.8 Å². The Morgan fingerprint density at radius 3 is 2.95 bits per heavy atom. The number of aliphatic carboxylic acids is 1. The Bertz CT molecular complexity index is 493. The van der Waals surface area contributed by atoms with Gasteiger partial charge in [0.2, 0.25) is 11.8 Å². The second-order valence-electron chi connectivity index (χ2n) is 5.18. The van der Waals surface area contributed by atoms with Crippen molar-refractivity contribution in [1.29, 1.82) is 0 Å². The predicted molar refractivity (Wildman–Crippen MR) is 75.1 cm³/mol. The highest BCUT2D eigenvalue weighted by atomic mass is 16.5. The van der Waals surface area contributed by atoms with Crippen LogP contribution in [-0.2, 0) is 4.79 Å². The van der Waals surface area contributed by atoms with E-state index in [2.05, 4.69) is 9.97 Å². The summed E-state index contributed by atoms with van der Waals surface area (Å²) in [6, 6.07) is 1.19. The quantitative estimate of drug-likeness (QED) is 0.907. The molecule has 6 heteroatoms. The molecule has 1 N–H and O–H groups in total.